The normalized spacial score (nSPS) is 10.7. The molecule has 1 heterocycles. The van der Waals surface area contributed by atoms with Crippen LogP contribution in [0.15, 0.2) is 31.0 Å². The summed E-state index contributed by atoms with van der Waals surface area (Å²) in [7, 11) is 0. The van der Waals surface area contributed by atoms with Crippen LogP contribution in [0.2, 0.25) is 0 Å². The maximum atomic E-state index is 12.0. The predicted octanol–water partition coefficient (Wildman–Crippen LogP) is 1.53. The SMILES string of the molecule is C=CCNC(=O)c1cc(C(=O)NC(C)(C)C)ccn1. The van der Waals surface area contributed by atoms with Crippen LogP contribution in [0.4, 0.5) is 0 Å². The number of nitrogens with one attached hydrogen (secondary N) is 2. The third-order valence-corrected chi connectivity index (χ3v) is 2.15. The second kappa shape index (κ2) is 6.13. The maximum Gasteiger partial charge on any atom is 0.270 e. The highest BCUT2D eigenvalue weighted by molar-refractivity contribution is 5.98. The molecule has 5 heteroatoms. The van der Waals surface area contributed by atoms with E-state index in [4.69, 9.17) is 0 Å². The molecule has 0 aliphatic carbocycles. The van der Waals surface area contributed by atoms with Crippen LogP contribution in [-0.2, 0) is 0 Å². The Balaban J connectivity index is 2.85. The van der Waals surface area contributed by atoms with Gasteiger partial charge in [0.15, 0.2) is 0 Å². The minimum absolute atomic E-state index is 0.211. The zero-order chi connectivity index (χ0) is 14.5. The fourth-order valence-electron chi connectivity index (χ4n) is 1.36. The number of amides is 2. The van der Waals surface area contributed by atoms with Crippen LogP contribution in [-0.4, -0.2) is 28.9 Å². The van der Waals surface area contributed by atoms with Gasteiger partial charge in [-0.05, 0) is 32.9 Å². The van der Waals surface area contributed by atoms with Crippen molar-refractivity contribution in [1.82, 2.24) is 15.6 Å². The molecule has 0 saturated carbocycles. The van der Waals surface area contributed by atoms with Crippen molar-refractivity contribution in [2.24, 2.45) is 0 Å². The molecule has 0 radical (unpaired) electrons. The van der Waals surface area contributed by atoms with Gasteiger partial charge in [0.05, 0.1) is 0 Å². The number of carbonyl (C=O) groups is 2. The van der Waals surface area contributed by atoms with E-state index in [9.17, 15) is 9.59 Å². The van der Waals surface area contributed by atoms with Crippen LogP contribution in [0, 0.1) is 0 Å². The fourth-order valence-corrected chi connectivity index (χ4v) is 1.36. The van der Waals surface area contributed by atoms with Crippen molar-refractivity contribution in [3.63, 3.8) is 0 Å². The van der Waals surface area contributed by atoms with Gasteiger partial charge in [-0.25, -0.2) is 0 Å². The zero-order valence-corrected chi connectivity index (χ0v) is 11.5. The van der Waals surface area contributed by atoms with Crippen LogP contribution < -0.4 is 10.6 Å². The highest BCUT2D eigenvalue weighted by atomic mass is 16.2. The van der Waals surface area contributed by atoms with Crippen molar-refractivity contribution in [3.8, 4) is 0 Å². The van der Waals surface area contributed by atoms with Gasteiger partial charge >= 0.3 is 0 Å². The molecule has 2 amide bonds. The minimum Gasteiger partial charge on any atom is -0.347 e. The van der Waals surface area contributed by atoms with Crippen LogP contribution in [0.25, 0.3) is 0 Å². The van der Waals surface area contributed by atoms with Crippen molar-refractivity contribution in [1.29, 1.82) is 0 Å². The van der Waals surface area contributed by atoms with Gasteiger partial charge in [-0.2, -0.15) is 0 Å². The van der Waals surface area contributed by atoms with E-state index < -0.39 is 0 Å². The monoisotopic (exact) mass is 261 g/mol. The van der Waals surface area contributed by atoms with Gasteiger partial charge in [-0.1, -0.05) is 6.08 Å². The molecule has 19 heavy (non-hydrogen) atoms. The Bertz CT molecular complexity index is 490. The number of rotatable bonds is 4. The first-order valence-corrected chi connectivity index (χ1v) is 6.01. The number of carbonyl (C=O) groups excluding carboxylic acids is 2. The molecular formula is C14H19N3O2. The van der Waals surface area contributed by atoms with Gasteiger partial charge in [-0.3, -0.25) is 14.6 Å². The molecule has 1 rings (SSSR count). The topological polar surface area (TPSA) is 71.1 Å². The lowest BCUT2D eigenvalue weighted by Crippen LogP contribution is -2.40. The standard InChI is InChI=1S/C14H19N3O2/c1-5-7-16-13(19)11-9-10(6-8-15-11)12(18)17-14(2,3)4/h5-6,8-9H,1,7H2,2-4H3,(H,16,19)(H,17,18). The first-order valence-electron chi connectivity index (χ1n) is 6.01. The average molecular weight is 261 g/mol. The van der Waals surface area contributed by atoms with Crippen molar-refractivity contribution in [3.05, 3.63) is 42.2 Å². The molecule has 5 nitrogen and oxygen atoms in total. The summed E-state index contributed by atoms with van der Waals surface area (Å²) in [6, 6.07) is 3.05. The van der Waals surface area contributed by atoms with E-state index in [1.54, 1.807) is 12.1 Å². The molecule has 1 aromatic heterocycles. The Hall–Kier alpha value is -2.17. The van der Waals surface area contributed by atoms with E-state index in [2.05, 4.69) is 22.2 Å². The minimum atomic E-state index is -0.328. The van der Waals surface area contributed by atoms with Gasteiger partial charge in [0, 0.05) is 23.8 Å². The number of hydrogen-bond donors (Lipinski definition) is 2. The van der Waals surface area contributed by atoms with Gasteiger partial charge in [-0.15, -0.1) is 6.58 Å². The second-order valence-electron chi connectivity index (χ2n) is 5.13. The van der Waals surface area contributed by atoms with E-state index in [0.29, 0.717) is 12.1 Å². The number of nitrogens with zero attached hydrogens (tertiary/aromatic N) is 1. The van der Waals surface area contributed by atoms with Gasteiger partial charge in [0.25, 0.3) is 11.8 Å². The fraction of sp³-hybridized carbons (Fsp3) is 0.357. The third kappa shape index (κ3) is 4.91. The average Bonchev–Trinajstić information content (AvgIpc) is 2.34. The Morgan fingerprint density at radius 2 is 2.05 bits per heavy atom. The smallest absolute Gasteiger partial charge is 0.270 e. The highest BCUT2D eigenvalue weighted by Gasteiger charge is 2.16. The molecule has 0 saturated heterocycles. The molecule has 0 bridgehead atoms. The van der Waals surface area contributed by atoms with Crippen LogP contribution in [0.5, 0.6) is 0 Å². The molecule has 0 aromatic carbocycles. The summed E-state index contributed by atoms with van der Waals surface area (Å²) in [4.78, 5) is 27.6. The van der Waals surface area contributed by atoms with E-state index >= 15 is 0 Å². The molecule has 0 spiro atoms. The van der Waals surface area contributed by atoms with Gasteiger partial charge in [0.2, 0.25) is 0 Å². The molecule has 0 fully saturated rings. The summed E-state index contributed by atoms with van der Waals surface area (Å²) >= 11 is 0. The lowest BCUT2D eigenvalue weighted by Gasteiger charge is -2.20. The van der Waals surface area contributed by atoms with Gasteiger partial charge in [0.1, 0.15) is 5.69 Å². The molecular weight excluding hydrogens is 242 g/mol. The van der Waals surface area contributed by atoms with Gasteiger partial charge < -0.3 is 10.6 Å². The van der Waals surface area contributed by atoms with Crippen molar-refractivity contribution in [2.75, 3.05) is 6.54 Å². The highest BCUT2D eigenvalue weighted by Crippen LogP contribution is 2.06. The first kappa shape index (κ1) is 14.9. The second-order valence-corrected chi connectivity index (χ2v) is 5.13. The summed E-state index contributed by atoms with van der Waals surface area (Å²) in [6.45, 7) is 9.55. The van der Waals surface area contributed by atoms with Crippen molar-refractivity contribution >= 4 is 11.8 Å². The van der Waals surface area contributed by atoms with E-state index in [-0.39, 0.29) is 23.0 Å². The van der Waals surface area contributed by atoms with Crippen LogP contribution in [0.3, 0.4) is 0 Å². The molecule has 0 unspecified atom stereocenters. The Labute approximate surface area is 113 Å². The predicted molar refractivity (Wildman–Crippen MR) is 74.0 cm³/mol. The molecule has 0 aliphatic heterocycles. The number of pyridine rings is 1. The number of aromatic nitrogens is 1. The molecule has 0 aliphatic rings. The lowest BCUT2D eigenvalue weighted by molar-refractivity contribution is 0.0919. The number of hydrogen-bond acceptors (Lipinski definition) is 3. The quantitative estimate of drug-likeness (QED) is 0.807. The Kier molecular flexibility index (Phi) is 4.80. The zero-order valence-electron chi connectivity index (χ0n) is 11.5. The Morgan fingerprint density at radius 3 is 2.63 bits per heavy atom. The Morgan fingerprint density at radius 1 is 1.37 bits per heavy atom. The third-order valence-electron chi connectivity index (χ3n) is 2.15. The maximum absolute atomic E-state index is 12.0. The molecule has 1 aromatic rings. The van der Waals surface area contributed by atoms with E-state index in [1.165, 1.54) is 12.3 Å². The molecule has 0 atom stereocenters. The van der Waals surface area contributed by atoms with Crippen molar-refractivity contribution < 1.29 is 9.59 Å². The largest absolute Gasteiger partial charge is 0.347 e. The molecule has 2 N–H and O–H groups in total. The summed E-state index contributed by atoms with van der Waals surface area (Å²) in [6.07, 6.45) is 3.02. The molecule has 102 valence electrons. The summed E-state index contributed by atoms with van der Waals surface area (Å²) in [5.41, 5.74) is 0.295. The lowest BCUT2D eigenvalue weighted by atomic mass is 10.1. The van der Waals surface area contributed by atoms with Crippen molar-refractivity contribution in [2.45, 2.75) is 26.3 Å². The summed E-state index contributed by atoms with van der Waals surface area (Å²) < 4.78 is 0. The van der Waals surface area contributed by atoms with Crippen LogP contribution in [0.1, 0.15) is 41.6 Å². The van der Waals surface area contributed by atoms with E-state index in [0.717, 1.165) is 0 Å². The van der Waals surface area contributed by atoms with E-state index in [1.807, 2.05) is 20.8 Å². The summed E-state index contributed by atoms with van der Waals surface area (Å²) in [5, 5.41) is 5.44. The van der Waals surface area contributed by atoms with Crippen LogP contribution >= 0.6 is 0 Å². The first-order chi connectivity index (χ1) is 8.83. The summed E-state index contributed by atoms with van der Waals surface area (Å²) in [5.74, 6) is -0.557.